The number of fused-ring (bicyclic) bond motifs is 2. The van der Waals surface area contributed by atoms with Gasteiger partial charge in [-0.25, -0.2) is 9.31 Å². The Hall–Kier alpha value is -2.53. The van der Waals surface area contributed by atoms with Crippen molar-refractivity contribution in [2.75, 3.05) is 0 Å². The summed E-state index contributed by atoms with van der Waals surface area (Å²) in [6.45, 7) is 0.430. The quantitative estimate of drug-likeness (QED) is 0.571. The molecule has 0 spiro atoms. The van der Waals surface area contributed by atoms with E-state index in [1.54, 1.807) is 28.3 Å². The maximum Gasteiger partial charge on any atom is 0.329 e. The molecule has 4 aromatic rings. The van der Waals surface area contributed by atoms with Crippen molar-refractivity contribution < 1.29 is 0 Å². The molecule has 22 heavy (non-hydrogen) atoms. The van der Waals surface area contributed by atoms with E-state index in [2.05, 4.69) is 5.10 Å². The Morgan fingerprint density at radius 3 is 2.82 bits per heavy atom. The average Bonchev–Trinajstić information content (AvgIpc) is 3.02. The maximum atomic E-state index is 12.5. The van der Waals surface area contributed by atoms with Crippen LogP contribution < -0.4 is 5.69 Å². The van der Waals surface area contributed by atoms with E-state index in [4.69, 9.17) is 11.6 Å². The molecule has 0 amide bonds. The van der Waals surface area contributed by atoms with Crippen LogP contribution in [-0.2, 0) is 13.6 Å². The smallest absolute Gasteiger partial charge is 0.295 e. The third kappa shape index (κ3) is 1.94. The number of rotatable bonds is 2. The Bertz CT molecular complexity index is 1020. The second kappa shape index (κ2) is 4.74. The highest BCUT2D eigenvalue weighted by Crippen LogP contribution is 2.19. The number of benzene rings is 1. The largest absolute Gasteiger partial charge is 0.329 e. The van der Waals surface area contributed by atoms with Crippen LogP contribution in [0.15, 0.2) is 53.5 Å². The summed E-state index contributed by atoms with van der Waals surface area (Å²) in [6, 6.07) is 13.3. The van der Waals surface area contributed by atoms with Crippen LogP contribution in [0.5, 0.6) is 0 Å². The molecule has 6 heteroatoms. The van der Waals surface area contributed by atoms with E-state index < -0.39 is 0 Å². The standard InChI is InChI=1S/C16H13ClN4O/c1-19-15-8-11(17)5-6-14(15)20(16(19)22)10-12-9-13-4-2-3-7-21(13)18-12/h2-9H,10H2,1H3. The summed E-state index contributed by atoms with van der Waals surface area (Å²) in [6.07, 6.45) is 1.89. The summed E-state index contributed by atoms with van der Waals surface area (Å²) in [4.78, 5) is 12.5. The molecule has 0 fully saturated rings. The number of imidazole rings is 1. The van der Waals surface area contributed by atoms with E-state index in [1.165, 1.54) is 0 Å². The first-order valence-electron chi connectivity index (χ1n) is 6.91. The Labute approximate surface area is 131 Å². The lowest BCUT2D eigenvalue weighted by molar-refractivity contribution is 0.713. The third-order valence-corrected chi connectivity index (χ3v) is 4.08. The van der Waals surface area contributed by atoms with Gasteiger partial charge >= 0.3 is 5.69 Å². The molecule has 0 bridgehead atoms. The lowest BCUT2D eigenvalue weighted by Crippen LogP contribution is -2.22. The van der Waals surface area contributed by atoms with Gasteiger partial charge in [-0.15, -0.1) is 0 Å². The molecule has 3 aromatic heterocycles. The number of halogens is 1. The van der Waals surface area contributed by atoms with Gasteiger partial charge in [-0.3, -0.25) is 9.13 Å². The highest BCUT2D eigenvalue weighted by Gasteiger charge is 2.12. The van der Waals surface area contributed by atoms with Crippen molar-refractivity contribution in [1.82, 2.24) is 18.7 Å². The minimum Gasteiger partial charge on any atom is -0.295 e. The zero-order valence-corrected chi connectivity index (χ0v) is 12.7. The summed E-state index contributed by atoms with van der Waals surface area (Å²) >= 11 is 6.03. The highest BCUT2D eigenvalue weighted by atomic mass is 35.5. The van der Waals surface area contributed by atoms with Gasteiger partial charge in [0.15, 0.2) is 0 Å². The van der Waals surface area contributed by atoms with E-state index in [-0.39, 0.29) is 5.69 Å². The summed E-state index contributed by atoms with van der Waals surface area (Å²) in [7, 11) is 1.75. The van der Waals surface area contributed by atoms with Crippen LogP contribution in [0.4, 0.5) is 0 Å². The molecule has 0 radical (unpaired) electrons. The second-order valence-corrected chi connectivity index (χ2v) is 5.70. The van der Waals surface area contributed by atoms with E-state index >= 15 is 0 Å². The number of aryl methyl sites for hydroxylation is 1. The summed E-state index contributed by atoms with van der Waals surface area (Å²) in [5, 5.41) is 5.12. The molecular weight excluding hydrogens is 300 g/mol. The Balaban J connectivity index is 1.87. The van der Waals surface area contributed by atoms with Gasteiger partial charge in [0.05, 0.1) is 28.8 Å². The number of hydrogen-bond acceptors (Lipinski definition) is 2. The van der Waals surface area contributed by atoms with Gasteiger partial charge in [-0.1, -0.05) is 17.7 Å². The Kier molecular flexibility index (Phi) is 2.84. The Morgan fingerprint density at radius 1 is 1.14 bits per heavy atom. The monoisotopic (exact) mass is 312 g/mol. The molecule has 5 nitrogen and oxygen atoms in total. The predicted octanol–water partition coefficient (Wildman–Crippen LogP) is 2.69. The molecule has 0 aliphatic rings. The van der Waals surface area contributed by atoms with E-state index in [0.29, 0.717) is 11.6 Å². The lowest BCUT2D eigenvalue weighted by atomic mass is 10.3. The molecule has 0 unspecified atom stereocenters. The van der Waals surface area contributed by atoms with Gasteiger partial charge in [-0.05, 0) is 36.4 Å². The number of aromatic nitrogens is 4. The predicted molar refractivity (Wildman–Crippen MR) is 86.5 cm³/mol. The SMILES string of the molecule is Cn1c(=O)n(Cc2cc3ccccn3n2)c2ccc(Cl)cc21. The second-order valence-electron chi connectivity index (χ2n) is 5.27. The van der Waals surface area contributed by atoms with Gasteiger partial charge in [0.1, 0.15) is 0 Å². The van der Waals surface area contributed by atoms with Crippen LogP contribution in [0.3, 0.4) is 0 Å². The molecule has 0 saturated carbocycles. The highest BCUT2D eigenvalue weighted by molar-refractivity contribution is 6.31. The minimum atomic E-state index is -0.0747. The van der Waals surface area contributed by atoms with Crippen LogP contribution in [-0.4, -0.2) is 18.7 Å². The van der Waals surface area contributed by atoms with Crippen molar-refractivity contribution in [1.29, 1.82) is 0 Å². The van der Waals surface area contributed by atoms with Gasteiger partial charge in [-0.2, -0.15) is 5.10 Å². The van der Waals surface area contributed by atoms with Crippen molar-refractivity contribution in [2.24, 2.45) is 7.05 Å². The topological polar surface area (TPSA) is 44.2 Å². The molecule has 0 aliphatic carbocycles. The summed E-state index contributed by atoms with van der Waals surface area (Å²) in [5.74, 6) is 0. The summed E-state index contributed by atoms with van der Waals surface area (Å²) < 4.78 is 5.13. The first kappa shape index (κ1) is 13.2. The first-order chi connectivity index (χ1) is 10.6. The fraction of sp³-hybridized carbons (Fsp3) is 0.125. The number of hydrogen-bond donors (Lipinski definition) is 0. The molecular formula is C16H13ClN4O. The zero-order chi connectivity index (χ0) is 15.3. The molecule has 110 valence electrons. The minimum absolute atomic E-state index is 0.0747. The van der Waals surface area contributed by atoms with Gasteiger partial charge in [0.25, 0.3) is 0 Å². The molecule has 0 saturated heterocycles. The molecule has 0 aliphatic heterocycles. The van der Waals surface area contributed by atoms with E-state index in [9.17, 15) is 4.79 Å². The third-order valence-electron chi connectivity index (χ3n) is 3.85. The number of pyridine rings is 1. The first-order valence-corrected chi connectivity index (χ1v) is 7.29. The molecule has 3 heterocycles. The van der Waals surface area contributed by atoms with Crippen molar-refractivity contribution >= 4 is 28.2 Å². The molecule has 1 aromatic carbocycles. The summed E-state index contributed by atoms with van der Waals surface area (Å²) in [5.41, 5.74) is 3.45. The normalized spacial score (nSPS) is 11.5. The fourth-order valence-corrected chi connectivity index (χ4v) is 2.93. The van der Waals surface area contributed by atoms with Gasteiger partial charge in [0, 0.05) is 18.3 Å². The average molecular weight is 313 g/mol. The van der Waals surface area contributed by atoms with Crippen molar-refractivity contribution in [3.63, 3.8) is 0 Å². The van der Waals surface area contributed by atoms with Crippen LogP contribution in [0.2, 0.25) is 5.02 Å². The van der Waals surface area contributed by atoms with Gasteiger partial charge < -0.3 is 0 Å². The van der Waals surface area contributed by atoms with E-state index in [1.807, 2.05) is 41.0 Å². The van der Waals surface area contributed by atoms with Crippen LogP contribution >= 0.6 is 11.6 Å². The van der Waals surface area contributed by atoms with Gasteiger partial charge in [0.2, 0.25) is 0 Å². The zero-order valence-electron chi connectivity index (χ0n) is 11.9. The maximum absolute atomic E-state index is 12.5. The molecule has 0 atom stereocenters. The van der Waals surface area contributed by atoms with Crippen LogP contribution in [0.25, 0.3) is 16.6 Å². The Morgan fingerprint density at radius 2 is 2.00 bits per heavy atom. The molecule has 0 N–H and O–H groups in total. The van der Waals surface area contributed by atoms with Crippen molar-refractivity contribution in [3.8, 4) is 0 Å². The fourth-order valence-electron chi connectivity index (χ4n) is 2.76. The van der Waals surface area contributed by atoms with Crippen molar-refractivity contribution in [2.45, 2.75) is 6.54 Å². The van der Waals surface area contributed by atoms with Crippen LogP contribution in [0, 0.1) is 0 Å². The van der Waals surface area contributed by atoms with E-state index in [0.717, 1.165) is 22.2 Å². The van der Waals surface area contributed by atoms with Crippen molar-refractivity contribution in [3.05, 3.63) is 69.9 Å². The molecule has 4 rings (SSSR count). The number of nitrogens with zero attached hydrogens (tertiary/aromatic N) is 4. The lowest BCUT2D eigenvalue weighted by Gasteiger charge is -2.00. The van der Waals surface area contributed by atoms with Crippen LogP contribution in [0.1, 0.15) is 5.69 Å².